The second-order valence-electron chi connectivity index (χ2n) is 10.1. The van der Waals surface area contributed by atoms with E-state index in [1.54, 1.807) is 0 Å². The number of allylic oxidation sites excluding steroid dienone is 4. The van der Waals surface area contributed by atoms with Crippen LogP contribution in [0.3, 0.4) is 0 Å². The molecule has 4 N–H and O–H groups in total. The predicted octanol–water partition coefficient (Wildman–Crippen LogP) is 6.22. The Balaban J connectivity index is 1.78. The number of halogens is 1. The van der Waals surface area contributed by atoms with Gasteiger partial charge in [-0.05, 0) is 87.7 Å². The SMILES string of the molecule is CC/C=C(\C=C(C)C)C(=N)c1cc(CN(C)[C@@H]2CCCN(Cc3ccc(F)cc3)C2)c(NC)cc1N. The topological polar surface area (TPSA) is 68.4 Å². The summed E-state index contributed by atoms with van der Waals surface area (Å²) in [5.41, 5.74) is 13.6. The number of piperidine rings is 1. The molecule has 0 unspecified atom stereocenters. The number of likely N-dealkylation sites (N-methyl/N-ethyl adjacent to an activating group) is 1. The van der Waals surface area contributed by atoms with Crippen molar-refractivity contribution < 1.29 is 4.39 Å². The second-order valence-corrected chi connectivity index (χ2v) is 10.1. The summed E-state index contributed by atoms with van der Waals surface area (Å²) in [5.74, 6) is -0.190. The highest BCUT2D eigenvalue weighted by molar-refractivity contribution is 6.15. The van der Waals surface area contributed by atoms with Crippen LogP contribution in [-0.2, 0) is 13.1 Å². The van der Waals surface area contributed by atoms with Gasteiger partial charge in [0, 0.05) is 49.7 Å². The fraction of sp³-hybridized carbons (Fsp3) is 0.433. The zero-order valence-corrected chi connectivity index (χ0v) is 22.5. The van der Waals surface area contributed by atoms with Crippen LogP contribution in [-0.4, -0.2) is 48.7 Å². The average molecular weight is 492 g/mol. The summed E-state index contributed by atoms with van der Waals surface area (Å²) >= 11 is 0. The summed E-state index contributed by atoms with van der Waals surface area (Å²) in [6, 6.07) is 11.3. The lowest BCUT2D eigenvalue weighted by Gasteiger charge is -2.38. The smallest absolute Gasteiger partial charge is 0.123 e. The molecule has 1 heterocycles. The molecule has 3 rings (SSSR count). The minimum Gasteiger partial charge on any atom is -0.398 e. The number of hydrogen-bond acceptors (Lipinski definition) is 5. The standard InChI is InChI=1S/C30H42FN5/c1-6-8-23(15-21(2)3)30(33)27-16-24(29(34-4)17-28(27)32)19-35(5)26-9-7-14-36(20-26)18-22-10-12-25(31)13-11-22/h8,10-13,15-17,26,33-34H,6-7,9,14,18-20,32H2,1-5H3/b23-8+,33-30?/t26-/m1/s1. The first-order valence-electron chi connectivity index (χ1n) is 12.9. The molecule has 0 bridgehead atoms. The van der Waals surface area contributed by atoms with E-state index in [9.17, 15) is 4.39 Å². The van der Waals surface area contributed by atoms with E-state index in [1.165, 1.54) is 12.1 Å². The van der Waals surface area contributed by atoms with E-state index in [4.69, 9.17) is 11.1 Å². The van der Waals surface area contributed by atoms with Crippen LogP contribution in [0.25, 0.3) is 0 Å². The lowest BCUT2D eigenvalue weighted by atomic mass is 9.95. The first kappa shape index (κ1) is 27.6. The Labute approximate surface area is 216 Å². The van der Waals surface area contributed by atoms with E-state index >= 15 is 0 Å². The maximum Gasteiger partial charge on any atom is 0.123 e. The Bertz CT molecular complexity index is 1100. The van der Waals surface area contributed by atoms with Crippen molar-refractivity contribution in [1.29, 1.82) is 5.41 Å². The van der Waals surface area contributed by atoms with E-state index in [-0.39, 0.29) is 5.82 Å². The molecule has 0 aromatic heterocycles. The quantitative estimate of drug-likeness (QED) is 0.210. The molecular weight excluding hydrogens is 449 g/mol. The number of benzene rings is 2. The fourth-order valence-electron chi connectivity index (χ4n) is 4.94. The van der Waals surface area contributed by atoms with E-state index in [0.29, 0.717) is 17.4 Å². The van der Waals surface area contributed by atoms with Gasteiger partial charge in [0.1, 0.15) is 5.82 Å². The Hall–Kier alpha value is -2.96. The molecule has 2 aromatic carbocycles. The molecule has 1 aliphatic heterocycles. The van der Waals surface area contributed by atoms with Crippen LogP contribution >= 0.6 is 0 Å². The molecule has 0 amide bonds. The number of nitrogens with zero attached hydrogens (tertiary/aromatic N) is 2. The first-order valence-corrected chi connectivity index (χ1v) is 12.9. The third kappa shape index (κ3) is 7.28. The Morgan fingerprint density at radius 1 is 1.25 bits per heavy atom. The number of rotatable bonds is 10. The number of nitrogen functional groups attached to an aromatic ring is 1. The van der Waals surface area contributed by atoms with Crippen LogP contribution in [0, 0.1) is 11.2 Å². The largest absolute Gasteiger partial charge is 0.398 e. The second kappa shape index (κ2) is 12.8. The Morgan fingerprint density at radius 2 is 1.97 bits per heavy atom. The molecule has 1 atom stereocenters. The molecule has 0 saturated carbocycles. The third-order valence-corrected chi connectivity index (χ3v) is 6.81. The molecule has 5 nitrogen and oxygen atoms in total. The van der Waals surface area contributed by atoms with Crippen molar-refractivity contribution in [2.45, 2.75) is 59.2 Å². The molecule has 0 spiro atoms. The zero-order chi connectivity index (χ0) is 26.2. The maximum atomic E-state index is 13.3. The highest BCUT2D eigenvalue weighted by Gasteiger charge is 2.24. The number of likely N-dealkylation sites (tertiary alicyclic amines) is 1. The van der Waals surface area contributed by atoms with Gasteiger partial charge in [-0.1, -0.05) is 36.8 Å². The van der Waals surface area contributed by atoms with Crippen molar-refractivity contribution in [3.8, 4) is 0 Å². The van der Waals surface area contributed by atoms with Crippen LogP contribution in [0.5, 0.6) is 0 Å². The minimum absolute atomic E-state index is 0.190. The third-order valence-electron chi connectivity index (χ3n) is 6.81. The van der Waals surface area contributed by atoms with Crippen LogP contribution in [0.2, 0.25) is 0 Å². The Kier molecular flexibility index (Phi) is 9.85. The summed E-state index contributed by atoms with van der Waals surface area (Å²) in [7, 11) is 4.10. The molecule has 0 aliphatic carbocycles. The van der Waals surface area contributed by atoms with Gasteiger partial charge in [0.25, 0.3) is 0 Å². The average Bonchev–Trinajstić information content (AvgIpc) is 2.85. The highest BCUT2D eigenvalue weighted by Crippen LogP contribution is 2.28. The molecule has 6 heteroatoms. The maximum absolute atomic E-state index is 13.3. The fourth-order valence-corrected chi connectivity index (χ4v) is 4.94. The van der Waals surface area contributed by atoms with Crippen LogP contribution < -0.4 is 11.1 Å². The molecule has 0 radical (unpaired) electrons. The molecule has 1 aliphatic rings. The van der Waals surface area contributed by atoms with Crippen LogP contribution in [0.15, 0.2) is 59.7 Å². The van der Waals surface area contributed by atoms with E-state index < -0.39 is 0 Å². The zero-order valence-electron chi connectivity index (χ0n) is 22.5. The lowest BCUT2D eigenvalue weighted by Crippen LogP contribution is -2.45. The summed E-state index contributed by atoms with van der Waals surface area (Å²) in [4.78, 5) is 4.87. The van der Waals surface area contributed by atoms with Crippen molar-refractivity contribution in [2.75, 3.05) is 38.2 Å². The summed E-state index contributed by atoms with van der Waals surface area (Å²) in [5, 5.41) is 12.2. The van der Waals surface area contributed by atoms with E-state index in [2.05, 4.69) is 47.3 Å². The van der Waals surface area contributed by atoms with Gasteiger partial charge in [0.15, 0.2) is 0 Å². The van der Waals surface area contributed by atoms with Gasteiger partial charge in [-0.2, -0.15) is 0 Å². The number of nitrogens with two attached hydrogens (primary N) is 1. The number of nitrogens with one attached hydrogen (secondary N) is 2. The predicted molar refractivity (Wildman–Crippen MR) is 151 cm³/mol. The molecule has 1 saturated heterocycles. The molecular formula is C30H42FN5. The van der Waals surface area contributed by atoms with E-state index in [0.717, 1.165) is 79.0 Å². The van der Waals surface area contributed by atoms with Crippen molar-refractivity contribution in [3.63, 3.8) is 0 Å². The van der Waals surface area contributed by atoms with Gasteiger partial charge in [-0.15, -0.1) is 0 Å². The minimum atomic E-state index is -0.190. The van der Waals surface area contributed by atoms with E-state index in [1.807, 2.05) is 39.1 Å². The molecule has 2 aromatic rings. The van der Waals surface area contributed by atoms with Crippen molar-refractivity contribution in [2.24, 2.45) is 0 Å². The van der Waals surface area contributed by atoms with Crippen LogP contribution in [0.4, 0.5) is 15.8 Å². The highest BCUT2D eigenvalue weighted by atomic mass is 19.1. The lowest BCUT2D eigenvalue weighted by molar-refractivity contribution is 0.107. The van der Waals surface area contributed by atoms with Gasteiger partial charge in [0.2, 0.25) is 0 Å². The van der Waals surface area contributed by atoms with Gasteiger partial charge in [-0.3, -0.25) is 15.2 Å². The summed E-state index contributed by atoms with van der Waals surface area (Å²) in [6.45, 7) is 9.83. The van der Waals surface area contributed by atoms with Crippen LogP contribution in [0.1, 0.15) is 56.7 Å². The summed E-state index contributed by atoms with van der Waals surface area (Å²) < 4.78 is 13.3. The van der Waals surface area contributed by atoms with Crippen molar-refractivity contribution in [1.82, 2.24) is 9.80 Å². The molecule has 194 valence electrons. The van der Waals surface area contributed by atoms with Gasteiger partial charge in [0.05, 0.1) is 5.71 Å². The first-order chi connectivity index (χ1) is 17.2. The Morgan fingerprint density at radius 3 is 2.61 bits per heavy atom. The normalized spacial score (nSPS) is 16.8. The molecule has 36 heavy (non-hydrogen) atoms. The molecule has 1 fully saturated rings. The van der Waals surface area contributed by atoms with Gasteiger partial charge < -0.3 is 11.1 Å². The number of anilines is 2. The van der Waals surface area contributed by atoms with Gasteiger partial charge in [-0.25, -0.2) is 4.39 Å². The monoisotopic (exact) mass is 491 g/mol. The van der Waals surface area contributed by atoms with Gasteiger partial charge >= 0.3 is 0 Å². The van der Waals surface area contributed by atoms with Crippen molar-refractivity contribution in [3.05, 3.63) is 82.2 Å². The van der Waals surface area contributed by atoms with Crippen molar-refractivity contribution >= 4 is 17.1 Å². The number of hydrogen-bond donors (Lipinski definition) is 3. The summed E-state index contributed by atoms with van der Waals surface area (Å²) in [6.07, 6.45) is 7.29.